The van der Waals surface area contributed by atoms with Crippen LogP contribution >= 0.6 is 0 Å². The smallest absolute Gasteiger partial charge is 0.160 e. The Balaban J connectivity index is 2.87. The number of rotatable bonds is 5. The van der Waals surface area contributed by atoms with Gasteiger partial charge in [-0.1, -0.05) is 6.07 Å². The van der Waals surface area contributed by atoms with Crippen LogP contribution in [-0.2, 0) is 0 Å². The lowest BCUT2D eigenvalue weighted by Gasteiger charge is -2.24. The van der Waals surface area contributed by atoms with Crippen molar-refractivity contribution in [1.82, 2.24) is 4.90 Å². The van der Waals surface area contributed by atoms with Gasteiger partial charge in [0.1, 0.15) is 0 Å². The van der Waals surface area contributed by atoms with Crippen molar-refractivity contribution in [2.24, 2.45) is 5.73 Å². The molecule has 0 radical (unpaired) electrons. The van der Waals surface area contributed by atoms with E-state index in [9.17, 15) is 5.11 Å². The van der Waals surface area contributed by atoms with Crippen LogP contribution in [0.4, 0.5) is 0 Å². The number of nitrogens with two attached hydrogens (primary N) is 1. The van der Waals surface area contributed by atoms with Gasteiger partial charge in [-0.3, -0.25) is 4.90 Å². The molecule has 90 valence electrons. The number of likely N-dealkylation sites (N-methyl/N-ethyl adjacent to an activating group) is 1. The zero-order valence-electron chi connectivity index (χ0n) is 10.1. The van der Waals surface area contributed by atoms with E-state index < -0.39 is 0 Å². The van der Waals surface area contributed by atoms with E-state index in [1.54, 1.807) is 13.2 Å². The predicted octanol–water partition coefficient (Wildman–Crippen LogP) is 1.35. The summed E-state index contributed by atoms with van der Waals surface area (Å²) >= 11 is 0. The van der Waals surface area contributed by atoms with Crippen molar-refractivity contribution < 1.29 is 9.84 Å². The summed E-state index contributed by atoms with van der Waals surface area (Å²) in [7, 11) is 3.57. The van der Waals surface area contributed by atoms with Crippen LogP contribution in [0.3, 0.4) is 0 Å². The molecule has 0 saturated carbocycles. The summed E-state index contributed by atoms with van der Waals surface area (Å²) in [6.07, 6.45) is 0. The number of phenolic OH excluding ortho intramolecular Hbond substituents is 1. The highest BCUT2D eigenvalue weighted by molar-refractivity contribution is 5.42. The Morgan fingerprint density at radius 1 is 1.50 bits per heavy atom. The van der Waals surface area contributed by atoms with E-state index in [-0.39, 0.29) is 11.8 Å². The molecule has 1 rings (SSSR count). The molecule has 0 bridgehead atoms. The Labute approximate surface area is 96.6 Å². The molecule has 4 nitrogen and oxygen atoms in total. The van der Waals surface area contributed by atoms with E-state index >= 15 is 0 Å². The molecule has 16 heavy (non-hydrogen) atoms. The van der Waals surface area contributed by atoms with Gasteiger partial charge in [-0.2, -0.15) is 0 Å². The molecule has 0 spiro atoms. The van der Waals surface area contributed by atoms with Crippen LogP contribution in [0, 0.1) is 0 Å². The van der Waals surface area contributed by atoms with Crippen molar-refractivity contribution in [2.75, 3.05) is 27.2 Å². The molecule has 0 aliphatic carbocycles. The zero-order valence-corrected chi connectivity index (χ0v) is 10.1. The predicted molar refractivity (Wildman–Crippen MR) is 64.8 cm³/mol. The molecule has 0 aromatic heterocycles. The highest BCUT2D eigenvalue weighted by atomic mass is 16.5. The molecular formula is C12H20N2O2. The number of ether oxygens (including phenoxy) is 1. The summed E-state index contributed by atoms with van der Waals surface area (Å²) in [4.78, 5) is 2.16. The summed E-state index contributed by atoms with van der Waals surface area (Å²) in [6.45, 7) is 3.57. The summed E-state index contributed by atoms with van der Waals surface area (Å²) in [5.74, 6) is 0.672. The lowest BCUT2D eigenvalue weighted by Crippen LogP contribution is -2.28. The number of nitrogens with zero attached hydrogens (tertiary/aromatic N) is 1. The maximum absolute atomic E-state index is 9.50. The lowest BCUT2D eigenvalue weighted by atomic mass is 10.1. The van der Waals surface area contributed by atoms with Gasteiger partial charge in [0.2, 0.25) is 0 Å². The van der Waals surface area contributed by atoms with Gasteiger partial charge < -0.3 is 15.6 Å². The van der Waals surface area contributed by atoms with Gasteiger partial charge in [0, 0.05) is 19.1 Å². The van der Waals surface area contributed by atoms with E-state index in [1.165, 1.54) is 0 Å². The van der Waals surface area contributed by atoms with Crippen molar-refractivity contribution in [3.8, 4) is 11.5 Å². The highest BCUT2D eigenvalue weighted by Crippen LogP contribution is 2.30. The maximum Gasteiger partial charge on any atom is 0.160 e. The molecular weight excluding hydrogens is 204 g/mol. The number of hydrogen-bond donors (Lipinski definition) is 2. The molecule has 0 aliphatic rings. The summed E-state index contributed by atoms with van der Waals surface area (Å²) in [5.41, 5.74) is 6.62. The third kappa shape index (κ3) is 2.87. The van der Waals surface area contributed by atoms with E-state index in [4.69, 9.17) is 10.5 Å². The minimum atomic E-state index is 0.167. The first-order chi connectivity index (χ1) is 7.60. The van der Waals surface area contributed by atoms with Crippen molar-refractivity contribution in [3.05, 3.63) is 23.8 Å². The number of methoxy groups -OCH3 is 1. The maximum atomic E-state index is 9.50. The summed E-state index contributed by atoms with van der Waals surface area (Å²) < 4.78 is 5.08. The van der Waals surface area contributed by atoms with Crippen LogP contribution in [0.2, 0.25) is 0 Å². The normalized spacial score (nSPS) is 12.8. The molecule has 0 aliphatic heterocycles. The zero-order chi connectivity index (χ0) is 12.1. The molecule has 0 heterocycles. The van der Waals surface area contributed by atoms with E-state index in [0.29, 0.717) is 12.3 Å². The Morgan fingerprint density at radius 3 is 2.75 bits per heavy atom. The molecule has 0 saturated heterocycles. The van der Waals surface area contributed by atoms with Crippen LogP contribution < -0.4 is 10.5 Å². The van der Waals surface area contributed by atoms with Crippen LogP contribution in [0.5, 0.6) is 11.5 Å². The van der Waals surface area contributed by atoms with Gasteiger partial charge in [0.05, 0.1) is 7.11 Å². The highest BCUT2D eigenvalue weighted by Gasteiger charge is 2.12. The summed E-state index contributed by atoms with van der Waals surface area (Å²) in [5, 5.41) is 9.50. The summed E-state index contributed by atoms with van der Waals surface area (Å²) in [6, 6.07) is 5.65. The minimum Gasteiger partial charge on any atom is -0.504 e. The topological polar surface area (TPSA) is 58.7 Å². The monoisotopic (exact) mass is 224 g/mol. The van der Waals surface area contributed by atoms with Gasteiger partial charge in [0.15, 0.2) is 11.5 Å². The molecule has 1 atom stereocenters. The number of hydrogen-bond acceptors (Lipinski definition) is 4. The molecule has 1 unspecified atom stereocenters. The second-order valence-corrected chi connectivity index (χ2v) is 3.88. The minimum absolute atomic E-state index is 0.167. The number of benzene rings is 1. The van der Waals surface area contributed by atoms with Crippen LogP contribution in [0.15, 0.2) is 18.2 Å². The third-order valence-electron chi connectivity index (χ3n) is 2.83. The second kappa shape index (κ2) is 5.72. The Kier molecular flexibility index (Phi) is 4.58. The van der Waals surface area contributed by atoms with Crippen molar-refractivity contribution in [2.45, 2.75) is 13.0 Å². The van der Waals surface area contributed by atoms with Gasteiger partial charge in [0.25, 0.3) is 0 Å². The van der Waals surface area contributed by atoms with Gasteiger partial charge in [-0.15, -0.1) is 0 Å². The lowest BCUT2D eigenvalue weighted by molar-refractivity contribution is 0.268. The fraction of sp³-hybridized carbons (Fsp3) is 0.500. The second-order valence-electron chi connectivity index (χ2n) is 3.88. The number of phenols is 1. The van der Waals surface area contributed by atoms with Gasteiger partial charge in [-0.05, 0) is 31.7 Å². The first kappa shape index (κ1) is 12.8. The first-order valence-electron chi connectivity index (χ1n) is 5.37. The quantitative estimate of drug-likeness (QED) is 0.792. The van der Waals surface area contributed by atoms with E-state index in [1.807, 2.05) is 19.2 Å². The standard InChI is InChI=1S/C12H20N2O2/c1-9(14(2)7-6-13)10-4-5-11(15)12(8-10)16-3/h4-5,8-9,15H,6-7,13H2,1-3H3. The van der Waals surface area contributed by atoms with Crippen LogP contribution in [-0.4, -0.2) is 37.3 Å². The average Bonchev–Trinajstić information content (AvgIpc) is 2.29. The Morgan fingerprint density at radius 2 is 2.19 bits per heavy atom. The fourth-order valence-corrected chi connectivity index (χ4v) is 1.61. The SMILES string of the molecule is COc1cc(C(C)N(C)CCN)ccc1O. The average molecular weight is 224 g/mol. The van der Waals surface area contributed by atoms with Crippen molar-refractivity contribution >= 4 is 0 Å². The fourth-order valence-electron chi connectivity index (χ4n) is 1.61. The number of aromatic hydroxyl groups is 1. The Bertz CT molecular complexity index is 342. The van der Waals surface area contributed by atoms with E-state index in [2.05, 4.69) is 11.8 Å². The van der Waals surface area contributed by atoms with Crippen molar-refractivity contribution in [1.29, 1.82) is 0 Å². The van der Waals surface area contributed by atoms with Crippen molar-refractivity contribution in [3.63, 3.8) is 0 Å². The largest absolute Gasteiger partial charge is 0.504 e. The Hall–Kier alpha value is -1.26. The molecule has 1 aromatic carbocycles. The molecule has 0 amide bonds. The molecule has 1 aromatic rings. The molecule has 3 N–H and O–H groups in total. The van der Waals surface area contributed by atoms with E-state index in [0.717, 1.165) is 12.1 Å². The van der Waals surface area contributed by atoms with Crippen LogP contribution in [0.25, 0.3) is 0 Å². The van der Waals surface area contributed by atoms with Gasteiger partial charge >= 0.3 is 0 Å². The van der Waals surface area contributed by atoms with Crippen LogP contribution in [0.1, 0.15) is 18.5 Å². The molecule has 0 fully saturated rings. The molecule has 4 heteroatoms. The first-order valence-corrected chi connectivity index (χ1v) is 5.37. The van der Waals surface area contributed by atoms with Gasteiger partial charge in [-0.25, -0.2) is 0 Å². The third-order valence-corrected chi connectivity index (χ3v) is 2.83.